The van der Waals surface area contributed by atoms with Crippen molar-refractivity contribution in [3.05, 3.63) is 0 Å². The maximum atomic E-state index is 13.4. The first kappa shape index (κ1) is 19.0. The lowest BCUT2D eigenvalue weighted by atomic mass is 9.51. The first-order valence-electron chi connectivity index (χ1n) is 10.2. The second-order valence-electron chi connectivity index (χ2n) is 10.7. The molecule has 6 rings (SSSR count). The zero-order chi connectivity index (χ0) is 21.8. The molecule has 6 aliphatic rings. The van der Waals surface area contributed by atoms with Crippen molar-refractivity contribution in [2.45, 2.75) is 76.0 Å². The third kappa shape index (κ3) is 1.33. The van der Waals surface area contributed by atoms with E-state index in [1.54, 1.807) is 0 Å². The quantitative estimate of drug-likeness (QED) is 0.314. The van der Waals surface area contributed by atoms with E-state index in [0.717, 1.165) is 0 Å². The van der Waals surface area contributed by atoms with Gasteiger partial charge in [-0.15, -0.1) is 0 Å². The molecule has 4 unspecified atom stereocenters. The third-order valence-electron chi connectivity index (χ3n) is 9.00. The molecule has 4 heterocycles. The monoisotopic (exact) mass is 424 g/mol. The van der Waals surface area contributed by atoms with E-state index in [1.165, 1.54) is 6.92 Å². The van der Waals surface area contributed by atoms with Gasteiger partial charge in [-0.3, -0.25) is 4.79 Å². The Kier molecular flexibility index (Phi) is 2.97. The number of aliphatic hydroxyl groups excluding tert-OH is 2. The summed E-state index contributed by atoms with van der Waals surface area (Å²) < 4.78 is 22.5. The lowest BCUT2D eigenvalue weighted by molar-refractivity contribution is -0.239. The van der Waals surface area contributed by atoms with Crippen LogP contribution in [0.25, 0.3) is 0 Å². The van der Waals surface area contributed by atoms with Crippen molar-refractivity contribution < 1.29 is 48.7 Å². The smallest absolute Gasteiger partial charge is 0.343 e. The minimum atomic E-state index is -2.24. The van der Waals surface area contributed by atoms with E-state index in [4.69, 9.17) is 18.9 Å². The molecule has 0 aromatic heterocycles. The molecule has 30 heavy (non-hydrogen) atoms. The molecule has 164 valence electrons. The Morgan fingerprint density at radius 3 is 2.33 bits per heavy atom. The number of rotatable bonds is 0. The van der Waals surface area contributed by atoms with Crippen molar-refractivity contribution in [3.63, 3.8) is 0 Å². The Balaban J connectivity index is 1.72. The fourth-order valence-corrected chi connectivity index (χ4v) is 8.12. The summed E-state index contributed by atoms with van der Waals surface area (Å²) in [7, 11) is 0. The summed E-state index contributed by atoms with van der Waals surface area (Å²) in [5.74, 6) is -4.32. The molecule has 2 saturated carbocycles. The Morgan fingerprint density at radius 2 is 1.70 bits per heavy atom. The molecule has 11 atom stereocenters. The maximum absolute atomic E-state index is 13.4. The molecule has 0 aromatic rings. The maximum Gasteiger partial charge on any atom is 0.343 e. The van der Waals surface area contributed by atoms with Crippen LogP contribution in [0.3, 0.4) is 0 Å². The lowest BCUT2D eigenvalue weighted by Gasteiger charge is -2.47. The van der Waals surface area contributed by atoms with Gasteiger partial charge in [-0.05, 0) is 24.7 Å². The van der Waals surface area contributed by atoms with Gasteiger partial charge in [0.1, 0.15) is 12.2 Å². The molecule has 0 bridgehead atoms. The summed E-state index contributed by atoms with van der Waals surface area (Å²) in [6.45, 7) is 7.14. The summed E-state index contributed by atoms with van der Waals surface area (Å²) >= 11 is 0. The normalized spacial score (nSPS) is 60.1. The summed E-state index contributed by atoms with van der Waals surface area (Å²) in [5.41, 5.74) is -8.26. The van der Waals surface area contributed by atoms with Crippen LogP contribution in [0.5, 0.6) is 0 Å². The van der Waals surface area contributed by atoms with Gasteiger partial charge in [-0.2, -0.15) is 0 Å². The van der Waals surface area contributed by atoms with Crippen molar-refractivity contribution in [3.8, 4) is 0 Å². The molecule has 0 aromatic carbocycles. The summed E-state index contributed by atoms with van der Waals surface area (Å²) in [4.78, 5) is 38.2. The van der Waals surface area contributed by atoms with Crippen molar-refractivity contribution >= 4 is 17.9 Å². The fraction of sp³-hybridized carbons (Fsp3) is 0.850. The molecule has 0 radical (unpaired) electrons. The topological polar surface area (TPSA) is 149 Å². The van der Waals surface area contributed by atoms with Crippen molar-refractivity contribution in [1.82, 2.24) is 0 Å². The predicted molar refractivity (Wildman–Crippen MR) is 92.0 cm³/mol. The molecule has 10 nitrogen and oxygen atoms in total. The number of esters is 3. The van der Waals surface area contributed by atoms with Gasteiger partial charge in [0.05, 0.1) is 16.7 Å². The highest BCUT2D eigenvalue weighted by Gasteiger charge is 3.03. The Bertz CT molecular complexity index is 925. The van der Waals surface area contributed by atoms with E-state index in [9.17, 15) is 29.7 Å². The van der Waals surface area contributed by atoms with Crippen LogP contribution in [0.15, 0.2) is 0 Å². The van der Waals surface area contributed by atoms with Crippen molar-refractivity contribution in [2.75, 3.05) is 0 Å². The number of aliphatic hydroxyl groups is 3. The molecular weight excluding hydrogens is 400 g/mol. The Labute approximate surface area is 171 Å². The van der Waals surface area contributed by atoms with E-state index < -0.39 is 87.9 Å². The number of hydrogen-bond donors (Lipinski definition) is 3. The molecule has 4 aliphatic heterocycles. The minimum absolute atomic E-state index is 0.229. The molecule has 6 fully saturated rings. The molecule has 0 amide bonds. The van der Waals surface area contributed by atoms with E-state index in [0.29, 0.717) is 0 Å². The highest BCUT2D eigenvalue weighted by molar-refractivity contribution is 5.94. The highest BCUT2D eigenvalue weighted by Crippen LogP contribution is 2.84. The molecule has 4 saturated heterocycles. The average Bonchev–Trinajstić information content (AvgIpc) is 3.35. The van der Waals surface area contributed by atoms with Gasteiger partial charge >= 0.3 is 17.9 Å². The van der Waals surface area contributed by atoms with Gasteiger partial charge in [-0.1, -0.05) is 20.8 Å². The SMILES string of the molecule is C[C@@H]1C(=O)OC2[C@@H](O)[C@@]34[C@H]5CC(C(C)(C)C)C36C(OC(=O)[C@@H]6O)O[C@@]4(C(=O)O5)[C@]21O. The van der Waals surface area contributed by atoms with Gasteiger partial charge < -0.3 is 34.3 Å². The number of fused-ring (bicyclic) bond motifs is 1. The average molecular weight is 424 g/mol. The van der Waals surface area contributed by atoms with Gasteiger partial charge in [0.2, 0.25) is 11.9 Å². The predicted octanol–water partition coefficient (Wildman–Crippen LogP) is -1.37. The first-order valence-corrected chi connectivity index (χ1v) is 10.2. The Morgan fingerprint density at radius 1 is 1.03 bits per heavy atom. The van der Waals surface area contributed by atoms with E-state index in [2.05, 4.69) is 0 Å². The van der Waals surface area contributed by atoms with Crippen molar-refractivity contribution in [2.24, 2.45) is 28.1 Å². The van der Waals surface area contributed by atoms with Crippen LogP contribution in [0.1, 0.15) is 34.1 Å². The number of hydrogen-bond acceptors (Lipinski definition) is 10. The van der Waals surface area contributed by atoms with Crippen LogP contribution in [-0.2, 0) is 33.3 Å². The van der Waals surface area contributed by atoms with E-state index in [-0.39, 0.29) is 6.42 Å². The van der Waals surface area contributed by atoms with Gasteiger partial charge in [0.15, 0.2) is 17.8 Å². The van der Waals surface area contributed by atoms with E-state index >= 15 is 0 Å². The van der Waals surface area contributed by atoms with Crippen LogP contribution < -0.4 is 0 Å². The molecule has 2 aliphatic carbocycles. The summed E-state index contributed by atoms with van der Waals surface area (Å²) in [5, 5.41) is 34.7. The lowest BCUT2D eigenvalue weighted by Crippen LogP contribution is -2.67. The molecular formula is C20H24O10. The zero-order valence-electron chi connectivity index (χ0n) is 16.9. The van der Waals surface area contributed by atoms with Crippen LogP contribution in [0.4, 0.5) is 0 Å². The summed E-state index contributed by atoms with van der Waals surface area (Å²) in [6, 6.07) is 0. The van der Waals surface area contributed by atoms with Gasteiger partial charge in [0.25, 0.3) is 0 Å². The van der Waals surface area contributed by atoms with Crippen LogP contribution in [-0.4, -0.2) is 75.1 Å². The largest absolute Gasteiger partial charge is 0.459 e. The molecule has 2 spiro atoms. The number of carbonyl (C=O) groups excluding carboxylic acids is 3. The second kappa shape index (κ2) is 4.69. The molecule has 10 heteroatoms. The fourth-order valence-electron chi connectivity index (χ4n) is 8.12. The Hall–Kier alpha value is -1.75. The third-order valence-corrected chi connectivity index (χ3v) is 9.00. The van der Waals surface area contributed by atoms with Gasteiger partial charge in [0, 0.05) is 0 Å². The standard InChI is InChI=1S/C20H24O10/c1-6-12(23)28-11-9(21)18-8-5-7(16(2,3)4)17(18)10(22)13(24)29-15(17)30-20(18,14(25)27-8)19(6,11)26/h6-11,15,21-22,26H,5H2,1-4H3/t6-,7?,8-,9-,10+,11?,15?,17?,18+,19-,20-/m1/s1. The van der Waals surface area contributed by atoms with E-state index in [1.807, 2.05) is 20.8 Å². The summed E-state index contributed by atoms with van der Waals surface area (Å²) in [6.07, 6.45) is -6.91. The minimum Gasteiger partial charge on any atom is -0.459 e. The number of ether oxygens (including phenoxy) is 4. The second-order valence-corrected chi connectivity index (χ2v) is 10.7. The van der Waals surface area contributed by atoms with Crippen molar-refractivity contribution in [1.29, 1.82) is 0 Å². The molecule has 3 N–H and O–H groups in total. The zero-order valence-corrected chi connectivity index (χ0v) is 16.9. The highest BCUT2D eigenvalue weighted by atomic mass is 16.8. The van der Waals surface area contributed by atoms with Gasteiger partial charge in [-0.25, -0.2) is 9.59 Å². The van der Waals surface area contributed by atoms with Crippen LogP contribution >= 0.6 is 0 Å². The van der Waals surface area contributed by atoms with Crippen LogP contribution in [0.2, 0.25) is 0 Å². The number of carbonyl (C=O) groups is 3. The first-order chi connectivity index (χ1) is 13.8. The van der Waals surface area contributed by atoms with Crippen LogP contribution in [0, 0.1) is 28.1 Å².